The van der Waals surface area contributed by atoms with E-state index in [0.717, 1.165) is 62.5 Å². The average molecular weight is 663 g/mol. The number of carbonyl (C=O) groups excluding carboxylic acids is 1. The Morgan fingerprint density at radius 3 is 2.57 bits per heavy atom. The Hall–Kier alpha value is -4.52. The maximum absolute atomic E-state index is 13.9. The second-order valence-corrected chi connectivity index (χ2v) is 15.1. The van der Waals surface area contributed by atoms with Crippen LogP contribution in [0, 0.1) is 5.41 Å². The summed E-state index contributed by atoms with van der Waals surface area (Å²) in [5.41, 5.74) is 7.04. The van der Waals surface area contributed by atoms with Crippen molar-refractivity contribution in [2.24, 2.45) is 12.5 Å². The summed E-state index contributed by atoms with van der Waals surface area (Å²) < 4.78 is 9.06. The van der Waals surface area contributed by atoms with Crippen LogP contribution < -0.4 is 20.7 Å². The molecule has 2 saturated heterocycles. The zero-order valence-electron chi connectivity index (χ0n) is 28.4. The molecule has 4 aromatic heterocycles. The predicted molar refractivity (Wildman–Crippen MR) is 187 cm³/mol. The molecule has 49 heavy (non-hydrogen) atoms. The van der Waals surface area contributed by atoms with Gasteiger partial charge in [-0.2, -0.15) is 0 Å². The van der Waals surface area contributed by atoms with Crippen molar-refractivity contribution in [3.63, 3.8) is 0 Å². The Kier molecular flexibility index (Phi) is 6.85. The van der Waals surface area contributed by atoms with Gasteiger partial charge in [0, 0.05) is 68.8 Å². The number of ether oxygens (including phenoxy) is 1. The highest BCUT2D eigenvalue weighted by Crippen LogP contribution is 2.48. The summed E-state index contributed by atoms with van der Waals surface area (Å²) in [4.78, 5) is 43.5. The normalized spacial score (nSPS) is 22.8. The number of aliphatic hydroxyl groups is 1. The molecule has 5 aliphatic rings. The van der Waals surface area contributed by atoms with Gasteiger partial charge in [0.15, 0.2) is 0 Å². The van der Waals surface area contributed by atoms with Crippen molar-refractivity contribution in [3.8, 4) is 11.1 Å². The van der Waals surface area contributed by atoms with Gasteiger partial charge in [-0.15, -0.1) is 0 Å². The van der Waals surface area contributed by atoms with Crippen molar-refractivity contribution >= 4 is 28.9 Å². The molecule has 2 atom stereocenters. The van der Waals surface area contributed by atoms with Crippen LogP contribution in [0.25, 0.3) is 11.1 Å². The first-order valence-corrected chi connectivity index (χ1v) is 17.3. The molecule has 0 saturated carbocycles. The second-order valence-electron chi connectivity index (χ2n) is 15.1. The van der Waals surface area contributed by atoms with Gasteiger partial charge in [0.05, 0.1) is 36.8 Å². The van der Waals surface area contributed by atoms with E-state index in [1.807, 2.05) is 30.5 Å². The molecule has 2 N–H and O–H groups in total. The Bertz CT molecular complexity index is 2060. The molecule has 3 aliphatic heterocycles. The van der Waals surface area contributed by atoms with Crippen molar-refractivity contribution in [1.29, 1.82) is 0 Å². The van der Waals surface area contributed by atoms with E-state index in [1.165, 1.54) is 15.8 Å². The highest BCUT2D eigenvalue weighted by atomic mass is 16.5. The molecule has 9 rings (SSSR count). The van der Waals surface area contributed by atoms with Crippen molar-refractivity contribution in [1.82, 2.24) is 24.0 Å². The lowest BCUT2D eigenvalue weighted by Crippen LogP contribution is -2.59. The number of carbonyl (C=O) groups is 1. The summed E-state index contributed by atoms with van der Waals surface area (Å²) in [6.07, 6.45) is 4.35. The van der Waals surface area contributed by atoms with Crippen molar-refractivity contribution in [2.45, 2.75) is 58.3 Å². The van der Waals surface area contributed by atoms with Gasteiger partial charge in [0.1, 0.15) is 29.1 Å². The maximum Gasteiger partial charge on any atom is 0.276 e. The van der Waals surface area contributed by atoms with Crippen LogP contribution in [-0.4, -0.2) is 86.5 Å². The van der Waals surface area contributed by atoms with Gasteiger partial charge in [-0.25, -0.2) is 9.97 Å². The standard InChI is InChI=1S/C37H42N8O4/c1-21-18-42(24-19-49-20-24)9-10-43(21)23-5-6-30(39-17-23)40-27-14-26-25-7-8-38-34(31(25)33(46)32(26)41(4)35(27)47)45-12-11-44-28(36(45)48)13-22-15-37(2,3)16-29(22)44/h5-8,13-14,17,21,24,33,46H,9-12,15-16,18-20H2,1-4H3,(H,39,40)/t21-,33-/m0/s1. The molecular formula is C37H42N8O4. The van der Waals surface area contributed by atoms with Gasteiger partial charge in [-0.3, -0.25) is 19.4 Å². The number of nitrogens with zero attached hydrogens (tertiary/aromatic N) is 7. The molecule has 254 valence electrons. The highest BCUT2D eigenvalue weighted by molar-refractivity contribution is 6.07. The summed E-state index contributed by atoms with van der Waals surface area (Å²) in [5, 5.41) is 15.0. The third-order valence-electron chi connectivity index (χ3n) is 11.3. The molecule has 1 amide bonds. The Labute approximate surface area is 284 Å². The Morgan fingerprint density at radius 1 is 1.00 bits per heavy atom. The number of fused-ring (bicyclic) bond motifs is 6. The van der Waals surface area contributed by atoms with Crippen molar-refractivity contribution in [3.05, 3.63) is 81.3 Å². The van der Waals surface area contributed by atoms with Crippen LogP contribution in [0.2, 0.25) is 0 Å². The minimum absolute atomic E-state index is 0.113. The lowest BCUT2D eigenvalue weighted by Gasteiger charge is -2.46. The number of amides is 1. The van der Waals surface area contributed by atoms with Crippen LogP contribution >= 0.6 is 0 Å². The largest absolute Gasteiger partial charge is 0.382 e. The first kappa shape index (κ1) is 30.5. The van der Waals surface area contributed by atoms with Gasteiger partial charge < -0.3 is 29.2 Å². The second kappa shape index (κ2) is 11.0. The monoisotopic (exact) mass is 662 g/mol. The van der Waals surface area contributed by atoms with Crippen molar-refractivity contribution < 1.29 is 14.6 Å². The maximum atomic E-state index is 13.9. The van der Waals surface area contributed by atoms with Gasteiger partial charge >= 0.3 is 0 Å². The van der Waals surface area contributed by atoms with Gasteiger partial charge in [0.2, 0.25) is 0 Å². The Morgan fingerprint density at radius 2 is 1.84 bits per heavy atom. The summed E-state index contributed by atoms with van der Waals surface area (Å²) >= 11 is 0. The van der Waals surface area contributed by atoms with Crippen LogP contribution in [0.5, 0.6) is 0 Å². The number of hydrogen-bond donors (Lipinski definition) is 2. The topological polar surface area (TPSA) is 121 Å². The predicted octanol–water partition coefficient (Wildman–Crippen LogP) is 3.48. The van der Waals surface area contributed by atoms with Crippen LogP contribution in [0.1, 0.15) is 59.9 Å². The van der Waals surface area contributed by atoms with Gasteiger partial charge in [-0.05, 0) is 66.6 Å². The van der Waals surface area contributed by atoms with Gasteiger partial charge in [-0.1, -0.05) is 13.8 Å². The number of hydrogen-bond acceptors (Lipinski definition) is 9. The molecule has 12 nitrogen and oxygen atoms in total. The molecule has 0 unspecified atom stereocenters. The lowest BCUT2D eigenvalue weighted by molar-refractivity contribution is -0.0691. The third kappa shape index (κ3) is 4.75. The number of aromatic nitrogens is 4. The fraction of sp³-hybridized carbons (Fsp3) is 0.459. The molecule has 2 fully saturated rings. The van der Waals surface area contributed by atoms with Crippen LogP contribution in [-0.2, 0) is 31.2 Å². The molecule has 12 heteroatoms. The number of anilines is 4. The fourth-order valence-corrected chi connectivity index (χ4v) is 8.72. The summed E-state index contributed by atoms with van der Waals surface area (Å²) in [6, 6.07) is 10.5. The van der Waals surface area contributed by atoms with E-state index in [4.69, 9.17) is 4.74 Å². The van der Waals surface area contributed by atoms with E-state index in [1.54, 1.807) is 24.2 Å². The summed E-state index contributed by atoms with van der Waals surface area (Å²) in [6.45, 7) is 12.5. The zero-order chi connectivity index (χ0) is 33.8. The van der Waals surface area contributed by atoms with Crippen LogP contribution in [0.3, 0.4) is 0 Å². The number of rotatable bonds is 5. The molecule has 7 heterocycles. The SMILES string of the molecule is C[C@H]1CN(C2COC2)CCN1c1ccc(Nc2cc3c(n(C)c2=O)[C@@H](O)c2c-3ccnc2N2CCn3c(cc4c3CC(C)(C)C4)C2=O)nc1. The lowest BCUT2D eigenvalue weighted by atomic mass is 9.90. The van der Waals surface area contributed by atoms with Crippen LogP contribution in [0.4, 0.5) is 23.0 Å². The first-order chi connectivity index (χ1) is 23.6. The van der Waals surface area contributed by atoms with E-state index in [0.29, 0.717) is 59.4 Å². The van der Waals surface area contributed by atoms with E-state index in [9.17, 15) is 14.7 Å². The highest BCUT2D eigenvalue weighted by Gasteiger charge is 2.40. The minimum atomic E-state index is -1.11. The van der Waals surface area contributed by atoms with E-state index < -0.39 is 6.10 Å². The van der Waals surface area contributed by atoms with Crippen molar-refractivity contribution in [2.75, 3.05) is 54.5 Å². The number of piperazine rings is 1. The fourth-order valence-electron chi connectivity index (χ4n) is 8.72. The average Bonchev–Trinajstić information content (AvgIpc) is 3.65. The smallest absolute Gasteiger partial charge is 0.276 e. The first-order valence-electron chi connectivity index (χ1n) is 17.3. The quantitative estimate of drug-likeness (QED) is 0.331. The van der Waals surface area contributed by atoms with Gasteiger partial charge in [0.25, 0.3) is 11.5 Å². The van der Waals surface area contributed by atoms with E-state index >= 15 is 0 Å². The number of pyridine rings is 3. The molecule has 0 bridgehead atoms. The molecule has 2 aliphatic carbocycles. The minimum Gasteiger partial charge on any atom is -0.382 e. The Balaban J connectivity index is 0.980. The number of nitrogens with one attached hydrogen (secondary N) is 1. The zero-order valence-corrected chi connectivity index (χ0v) is 28.4. The van der Waals surface area contributed by atoms with Crippen LogP contribution in [0.15, 0.2) is 47.5 Å². The summed E-state index contributed by atoms with van der Waals surface area (Å²) in [5.74, 6) is 0.886. The van der Waals surface area contributed by atoms with E-state index in [-0.39, 0.29) is 16.9 Å². The van der Waals surface area contributed by atoms with E-state index in [2.05, 4.69) is 50.4 Å². The summed E-state index contributed by atoms with van der Waals surface area (Å²) in [7, 11) is 1.67. The molecule has 0 aromatic carbocycles. The molecular weight excluding hydrogens is 620 g/mol. The molecule has 0 spiro atoms. The number of aliphatic hydroxyl groups excluding tert-OH is 1. The molecule has 4 aromatic rings. The third-order valence-corrected chi connectivity index (χ3v) is 11.3. The molecule has 0 radical (unpaired) electrons.